The molecule has 0 saturated heterocycles. The van der Waals surface area contributed by atoms with E-state index >= 15 is 0 Å². The summed E-state index contributed by atoms with van der Waals surface area (Å²) in [6, 6.07) is 2.68. The molecule has 1 aliphatic heterocycles. The van der Waals surface area contributed by atoms with Gasteiger partial charge < -0.3 is 0 Å². The Morgan fingerprint density at radius 2 is 1.12 bits per heavy atom. The second-order valence-corrected chi connectivity index (χ2v) is 24.2. The summed E-state index contributed by atoms with van der Waals surface area (Å²) in [4.78, 5) is 27.8. The standard InChI is InChI=1S/C59H91BO2S2/c1-8-42(6)19-15-11-12-16-20-43(7)45-27-29-47(30-28-45)48-31-35-50(36-32-48)54-39-55(53(10-3)57-58(54)64-59(63-57)41(4)5)60-40-44-23-25-46(26-24-44)49-33-37-51(38-34-49)56(62)22-18-14-13-17-21-52(61)9-2/h39-40,44-51H,6-38H2,1-5H3. The van der Waals surface area contributed by atoms with Crippen LogP contribution in [0.15, 0.2) is 50.0 Å². The van der Waals surface area contributed by atoms with Gasteiger partial charge in [0.15, 0.2) is 0 Å². The Kier molecular flexibility index (Phi) is 21.7. The Balaban J connectivity index is 0.963. The number of carbonyl (C=O) groups is 2. The maximum atomic E-state index is 13.1. The molecule has 0 bridgehead atoms. The van der Waals surface area contributed by atoms with E-state index in [1.807, 2.05) is 6.92 Å². The van der Waals surface area contributed by atoms with Crippen LogP contribution in [-0.2, 0) is 16.0 Å². The topological polar surface area (TPSA) is 34.1 Å². The molecule has 4 fully saturated rings. The van der Waals surface area contributed by atoms with Gasteiger partial charge in [-0.25, -0.2) is 0 Å². The van der Waals surface area contributed by atoms with Crippen molar-refractivity contribution in [2.24, 2.45) is 41.4 Å². The third-order valence-electron chi connectivity index (χ3n) is 17.3. The molecule has 0 N–H and O–H groups in total. The number of carbonyl (C=O) groups excluding carboxylic acids is 2. The number of fused-ring (bicyclic) bond motifs is 1. The van der Waals surface area contributed by atoms with Gasteiger partial charge in [-0.3, -0.25) is 4.79 Å². The van der Waals surface area contributed by atoms with Gasteiger partial charge in [-0.2, -0.15) is 0 Å². The Morgan fingerprint density at radius 3 is 1.69 bits per heavy atom. The van der Waals surface area contributed by atoms with Crippen molar-refractivity contribution in [1.82, 2.24) is 0 Å². The quantitative estimate of drug-likeness (QED) is 0.0588. The molecule has 64 heavy (non-hydrogen) atoms. The molecular weight excluding hydrogens is 816 g/mol. The predicted molar refractivity (Wildman–Crippen MR) is 283 cm³/mol. The van der Waals surface area contributed by atoms with Gasteiger partial charge in [0, 0.05) is 12.8 Å². The summed E-state index contributed by atoms with van der Waals surface area (Å²) in [7, 11) is 0. The predicted octanol–water partition coefficient (Wildman–Crippen LogP) is 17.3. The molecule has 4 saturated carbocycles. The Labute approximate surface area is 403 Å². The first-order valence-corrected chi connectivity index (χ1v) is 29.0. The Bertz CT molecular complexity index is 1740. The van der Waals surface area contributed by atoms with Crippen molar-refractivity contribution in [1.29, 1.82) is 0 Å². The molecular formula is C59H91BO2S2. The normalized spacial score (nSPS) is 27.3. The van der Waals surface area contributed by atoms with E-state index in [-0.39, 0.29) is 0 Å². The number of rotatable bonds is 24. The van der Waals surface area contributed by atoms with Gasteiger partial charge in [0.1, 0.15) is 5.78 Å². The van der Waals surface area contributed by atoms with Crippen LogP contribution in [0.2, 0.25) is 0 Å². The molecule has 1 aromatic rings. The molecule has 1 heterocycles. The average Bonchev–Trinajstić information content (AvgIpc) is 3.79. The molecule has 354 valence electrons. The van der Waals surface area contributed by atoms with Crippen molar-refractivity contribution in [3.63, 3.8) is 0 Å². The monoisotopic (exact) mass is 907 g/mol. The first kappa shape index (κ1) is 51.8. The number of benzene rings is 1. The van der Waals surface area contributed by atoms with E-state index in [0.29, 0.717) is 35.7 Å². The molecule has 4 aliphatic carbocycles. The fourth-order valence-corrected chi connectivity index (χ4v) is 15.7. The molecule has 0 aromatic heterocycles. The van der Waals surface area contributed by atoms with Crippen LogP contribution in [-0.4, -0.2) is 24.5 Å². The number of thioether (sulfide) groups is 2. The Morgan fingerprint density at radius 1 is 0.609 bits per heavy atom. The first-order chi connectivity index (χ1) is 31.1. The summed E-state index contributed by atoms with van der Waals surface area (Å²) in [5.41, 5.74) is 9.21. The molecule has 6 rings (SSSR count). The van der Waals surface area contributed by atoms with Crippen molar-refractivity contribution >= 4 is 53.4 Å². The average molecular weight is 907 g/mol. The van der Waals surface area contributed by atoms with Crippen molar-refractivity contribution < 1.29 is 9.59 Å². The van der Waals surface area contributed by atoms with Crippen molar-refractivity contribution in [3.05, 3.63) is 51.3 Å². The maximum absolute atomic E-state index is 13.1. The third-order valence-corrected chi connectivity index (χ3v) is 20.5. The molecule has 0 radical (unpaired) electrons. The molecule has 0 amide bonds. The molecule has 5 heteroatoms. The van der Waals surface area contributed by atoms with Crippen molar-refractivity contribution in [3.8, 4) is 0 Å². The van der Waals surface area contributed by atoms with Gasteiger partial charge in [0.25, 0.3) is 0 Å². The second kappa shape index (κ2) is 26.8. The van der Waals surface area contributed by atoms with Crippen LogP contribution < -0.4 is 5.46 Å². The van der Waals surface area contributed by atoms with Gasteiger partial charge in [-0.1, -0.05) is 58.3 Å². The number of Topliss-reactive ketones (excluding diaryl/α,β-unsaturated/α-hetero) is 2. The van der Waals surface area contributed by atoms with Crippen LogP contribution in [0.25, 0.3) is 0 Å². The van der Waals surface area contributed by atoms with E-state index in [0.717, 1.165) is 93.8 Å². The van der Waals surface area contributed by atoms with E-state index in [2.05, 4.69) is 83.3 Å². The fraction of sp³-hybridized carbons (Fsp3) is 0.746. The van der Waals surface area contributed by atoms with Gasteiger partial charge in [-0.15, -0.1) is 0 Å². The Hall–Kier alpha value is -1.59. The van der Waals surface area contributed by atoms with Crippen molar-refractivity contribution in [2.75, 3.05) is 0 Å². The van der Waals surface area contributed by atoms with Crippen molar-refractivity contribution in [2.45, 2.75) is 249 Å². The minimum atomic E-state index is 0.310. The summed E-state index contributed by atoms with van der Waals surface area (Å²) >= 11 is 4.17. The van der Waals surface area contributed by atoms with Crippen LogP contribution in [0.4, 0.5) is 0 Å². The number of allylic oxidation sites excluding steroid dienone is 3. The van der Waals surface area contributed by atoms with E-state index < -0.39 is 0 Å². The summed E-state index contributed by atoms with van der Waals surface area (Å²) in [6.07, 6.45) is 37.7. The zero-order chi connectivity index (χ0) is 45.4. The summed E-state index contributed by atoms with van der Waals surface area (Å²) in [5, 5.41) is 0. The van der Waals surface area contributed by atoms with Crippen LogP contribution in [0, 0.1) is 41.4 Å². The SMILES string of the molecule is C=C(CC)CCCCCCC(=C)C1CCC(C2CCC(c3cc(B=CC4CCC(C5CCC(C(=O)CCCCCCC(=O)CC)CC5)CC4)c(CC)c4c3SC(=C(C)C)S4)CC2)CC1. The van der Waals surface area contributed by atoms with Gasteiger partial charge in [0.2, 0.25) is 0 Å². The van der Waals surface area contributed by atoms with Crippen LogP contribution in [0.5, 0.6) is 0 Å². The molecule has 0 unspecified atom stereocenters. The van der Waals surface area contributed by atoms with Gasteiger partial charge >= 0.3 is 285 Å². The summed E-state index contributed by atoms with van der Waals surface area (Å²) in [5.74, 6) is 9.52. The first-order valence-electron chi connectivity index (χ1n) is 27.4. The van der Waals surface area contributed by atoms with E-state index in [1.54, 1.807) is 26.5 Å². The summed E-state index contributed by atoms with van der Waals surface area (Å²) in [6.45, 7) is 22.6. The van der Waals surface area contributed by atoms with E-state index in [4.69, 9.17) is 0 Å². The molecule has 2 nitrogen and oxygen atoms in total. The summed E-state index contributed by atoms with van der Waals surface area (Å²) < 4.78 is 1.52. The van der Waals surface area contributed by atoms with E-state index in [1.165, 1.54) is 149 Å². The second-order valence-electron chi connectivity index (χ2n) is 21.9. The number of unbranched alkanes of at least 4 members (excludes halogenated alkanes) is 6. The van der Waals surface area contributed by atoms with Crippen LogP contribution in [0.1, 0.15) is 244 Å². The number of hydrogen-bond donors (Lipinski definition) is 0. The van der Waals surface area contributed by atoms with Crippen LogP contribution >= 0.6 is 23.5 Å². The molecule has 0 atom stereocenters. The molecule has 0 spiro atoms. The fourth-order valence-electron chi connectivity index (χ4n) is 12.8. The zero-order valence-corrected chi connectivity index (χ0v) is 43.5. The molecule has 5 aliphatic rings. The number of hydrogen-bond acceptors (Lipinski definition) is 4. The number of ketones is 2. The minimum absolute atomic E-state index is 0.310. The zero-order valence-electron chi connectivity index (χ0n) is 41.8. The van der Waals surface area contributed by atoms with Crippen LogP contribution in [0.3, 0.4) is 0 Å². The third kappa shape index (κ3) is 15.0. The molecule has 1 aromatic carbocycles. The van der Waals surface area contributed by atoms with E-state index in [9.17, 15) is 9.59 Å². The van der Waals surface area contributed by atoms with Gasteiger partial charge in [0.05, 0.1) is 0 Å². The van der Waals surface area contributed by atoms with Gasteiger partial charge in [-0.05, 0) is 38.5 Å².